The summed E-state index contributed by atoms with van der Waals surface area (Å²) in [5, 5.41) is 5.38. The highest BCUT2D eigenvalue weighted by atomic mass is 16.5. The lowest BCUT2D eigenvalue weighted by Gasteiger charge is -2.03. The molecule has 0 heterocycles. The van der Waals surface area contributed by atoms with E-state index in [9.17, 15) is 9.59 Å². The summed E-state index contributed by atoms with van der Waals surface area (Å²) < 4.78 is 4.36. The van der Waals surface area contributed by atoms with Crippen molar-refractivity contribution in [2.45, 2.75) is 12.8 Å². The topological polar surface area (TPSA) is 67.4 Å². The standard InChI is InChI=1S/C8H16N2O3/c1-9-5-3-4-7(11)10-6-8(12)13-2/h9H,3-6H2,1-2H3,(H,10,11). The fourth-order valence-electron chi connectivity index (χ4n) is 0.757. The molecule has 5 nitrogen and oxygen atoms in total. The molecule has 0 radical (unpaired) electrons. The quantitative estimate of drug-likeness (QED) is 0.426. The second kappa shape index (κ2) is 7.54. The predicted octanol–water partition coefficient (Wildman–Crippen LogP) is -0.725. The SMILES string of the molecule is CNCCCC(=O)NCC(=O)OC. The number of esters is 1. The Labute approximate surface area is 77.8 Å². The molecular weight excluding hydrogens is 172 g/mol. The van der Waals surface area contributed by atoms with Gasteiger partial charge in [0.2, 0.25) is 5.91 Å². The van der Waals surface area contributed by atoms with Gasteiger partial charge >= 0.3 is 5.97 Å². The first-order valence-corrected chi connectivity index (χ1v) is 4.18. The van der Waals surface area contributed by atoms with Gasteiger partial charge in [0.15, 0.2) is 0 Å². The molecule has 0 aliphatic carbocycles. The maximum atomic E-state index is 11.0. The Morgan fingerprint density at radius 1 is 1.38 bits per heavy atom. The van der Waals surface area contributed by atoms with Crippen LogP contribution < -0.4 is 10.6 Å². The van der Waals surface area contributed by atoms with Crippen molar-refractivity contribution in [1.82, 2.24) is 10.6 Å². The lowest BCUT2D eigenvalue weighted by Crippen LogP contribution is -2.30. The van der Waals surface area contributed by atoms with E-state index >= 15 is 0 Å². The van der Waals surface area contributed by atoms with E-state index in [1.54, 1.807) is 0 Å². The number of carbonyl (C=O) groups excluding carboxylic acids is 2. The molecule has 0 bridgehead atoms. The minimum atomic E-state index is -0.429. The van der Waals surface area contributed by atoms with Crippen LogP contribution in [0.15, 0.2) is 0 Å². The molecule has 0 unspecified atom stereocenters. The van der Waals surface area contributed by atoms with Gasteiger partial charge in [0.1, 0.15) is 6.54 Å². The van der Waals surface area contributed by atoms with Gasteiger partial charge in [-0.15, -0.1) is 0 Å². The molecule has 0 saturated heterocycles. The third-order valence-electron chi connectivity index (χ3n) is 1.49. The Kier molecular flexibility index (Phi) is 6.91. The molecule has 5 heteroatoms. The molecule has 76 valence electrons. The molecule has 13 heavy (non-hydrogen) atoms. The third-order valence-corrected chi connectivity index (χ3v) is 1.49. The van der Waals surface area contributed by atoms with Crippen LogP contribution >= 0.6 is 0 Å². The van der Waals surface area contributed by atoms with Crippen LogP contribution in [-0.2, 0) is 14.3 Å². The smallest absolute Gasteiger partial charge is 0.325 e. The van der Waals surface area contributed by atoms with Gasteiger partial charge < -0.3 is 15.4 Å². The average molecular weight is 188 g/mol. The first kappa shape index (κ1) is 11.9. The van der Waals surface area contributed by atoms with Crippen LogP contribution in [0.5, 0.6) is 0 Å². The monoisotopic (exact) mass is 188 g/mol. The molecule has 0 aromatic heterocycles. The number of nitrogens with one attached hydrogen (secondary N) is 2. The zero-order chi connectivity index (χ0) is 10.1. The Bertz CT molecular complexity index is 171. The van der Waals surface area contributed by atoms with Crippen LogP contribution in [0.4, 0.5) is 0 Å². The van der Waals surface area contributed by atoms with Crippen LogP contribution in [0.2, 0.25) is 0 Å². The first-order chi connectivity index (χ1) is 6.20. The van der Waals surface area contributed by atoms with Gasteiger partial charge in [-0.05, 0) is 20.0 Å². The first-order valence-electron chi connectivity index (χ1n) is 4.18. The molecule has 0 fully saturated rings. The van der Waals surface area contributed by atoms with E-state index in [1.165, 1.54) is 7.11 Å². The molecule has 0 aliphatic heterocycles. The van der Waals surface area contributed by atoms with Gasteiger partial charge in [-0.2, -0.15) is 0 Å². The van der Waals surface area contributed by atoms with E-state index in [1.807, 2.05) is 7.05 Å². The van der Waals surface area contributed by atoms with Crippen molar-refractivity contribution in [3.8, 4) is 0 Å². The summed E-state index contributed by atoms with van der Waals surface area (Å²) in [4.78, 5) is 21.6. The van der Waals surface area contributed by atoms with Crippen molar-refractivity contribution >= 4 is 11.9 Å². The van der Waals surface area contributed by atoms with E-state index < -0.39 is 5.97 Å². The van der Waals surface area contributed by atoms with Crippen LogP contribution in [0.25, 0.3) is 0 Å². The molecule has 0 aromatic rings. The number of hydrogen-bond donors (Lipinski definition) is 2. The summed E-state index contributed by atoms with van der Waals surface area (Å²) in [5.41, 5.74) is 0. The number of methoxy groups -OCH3 is 1. The molecule has 2 N–H and O–H groups in total. The fourth-order valence-corrected chi connectivity index (χ4v) is 0.757. The van der Waals surface area contributed by atoms with Gasteiger partial charge in [-0.1, -0.05) is 0 Å². The molecule has 0 aromatic carbocycles. The van der Waals surface area contributed by atoms with E-state index in [0.717, 1.165) is 13.0 Å². The second-order valence-corrected chi connectivity index (χ2v) is 2.56. The van der Waals surface area contributed by atoms with E-state index in [0.29, 0.717) is 6.42 Å². The molecule has 0 saturated carbocycles. The number of hydrogen-bond acceptors (Lipinski definition) is 4. The maximum absolute atomic E-state index is 11.0. The lowest BCUT2D eigenvalue weighted by atomic mass is 10.3. The average Bonchev–Trinajstić information content (AvgIpc) is 2.14. The normalized spacial score (nSPS) is 9.38. The Morgan fingerprint density at radius 2 is 2.08 bits per heavy atom. The summed E-state index contributed by atoms with van der Waals surface area (Å²) in [6.45, 7) is 0.751. The molecule has 1 amide bonds. The van der Waals surface area contributed by atoms with Gasteiger partial charge in [0, 0.05) is 6.42 Å². The summed E-state index contributed by atoms with van der Waals surface area (Å²) in [7, 11) is 3.11. The highest BCUT2D eigenvalue weighted by molar-refractivity contribution is 5.81. The second-order valence-electron chi connectivity index (χ2n) is 2.56. The number of amides is 1. The summed E-state index contributed by atoms with van der Waals surface area (Å²) in [6, 6.07) is 0. The van der Waals surface area contributed by atoms with Gasteiger partial charge in [0.05, 0.1) is 7.11 Å². The number of carbonyl (C=O) groups is 2. The molecular formula is C8H16N2O3. The van der Waals surface area contributed by atoms with E-state index in [2.05, 4.69) is 15.4 Å². The van der Waals surface area contributed by atoms with Gasteiger partial charge in [-0.3, -0.25) is 9.59 Å². The highest BCUT2D eigenvalue weighted by Gasteiger charge is 2.03. The minimum absolute atomic E-state index is 0.0467. The zero-order valence-electron chi connectivity index (χ0n) is 8.05. The molecule has 0 atom stereocenters. The zero-order valence-corrected chi connectivity index (χ0v) is 8.05. The Hall–Kier alpha value is -1.10. The maximum Gasteiger partial charge on any atom is 0.325 e. The van der Waals surface area contributed by atoms with Crippen LogP contribution in [0.1, 0.15) is 12.8 Å². The highest BCUT2D eigenvalue weighted by Crippen LogP contribution is 1.86. The predicted molar refractivity (Wildman–Crippen MR) is 48.2 cm³/mol. The summed E-state index contributed by atoms with van der Waals surface area (Å²) in [5.74, 6) is -0.553. The third kappa shape index (κ3) is 7.27. The van der Waals surface area contributed by atoms with Crippen molar-refractivity contribution in [1.29, 1.82) is 0 Å². The van der Waals surface area contributed by atoms with E-state index in [4.69, 9.17) is 0 Å². The van der Waals surface area contributed by atoms with Gasteiger partial charge in [0.25, 0.3) is 0 Å². The molecule has 0 spiro atoms. The minimum Gasteiger partial charge on any atom is -0.468 e. The van der Waals surface area contributed by atoms with Gasteiger partial charge in [-0.25, -0.2) is 0 Å². The van der Waals surface area contributed by atoms with Crippen molar-refractivity contribution < 1.29 is 14.3 Å². The fraction of sp³-hybridized carbons (Fsp3) is 0.750. The van der Waals surface area contributed by atoms with Crippen molar-refractivity contribution in [3.05, 3.63) is 0 Å². The Balaban J connectivity index is 3.35. The number of ether oxygens (including phenoxy) is 1. The largest absolute Gasteiger partial charge is 0.468 e. The lowest BCUT2D eigenvalue weighted by molar-refractivity contribution is -0.141. The Morgan fingerprint density at radius 3 is 2.62 bits per heavy atom. The van der Waals surface area contributed by atoms with Crippen molar-refractivity contribution in [2.24, 2.45) is 0 Å². The van der Waals surface area contributed by atoms with Crippen molar-refractivity contribution in [3.63, 3.8) is 0 Å². The van der Waals surface area contributed by atoms with Crippen LogP contribution in [-0.4, -0.2) is 39.1 Å². The molecule has 0 rings (SSSR count). The molecule has 0 aliphatic rings. The van der Waals surface area contributed by atoms with E-state index in [-0.39, 0.29) is 12.5 Å². The van der Waals surface area contributed by atoms with Crippen LogP contribution in [0, 0.1) is 0 Å². The number of rotatable bonds is 6. The summed E-state index contributed by atoms with van der Waals surface area (Å²) in [6.07, 6.45) is 1.20. The van der Waals surface area contributed by atoms with Crippen molar-refractivity contribution in [2.75, 3.05) is 27.2 Å². The summed E-state index contributed by atoms with van der Waals surface area (Å²) >= 11 is 0. The van der Waals surface area contributed by atoms with Crippen LogP contribution in [0.3, 0.4) is 0 Å².